The molecule has 2 aromatic carbocycles. The number of nitrogens with zero attached hydrogens (tertiary/aromatic N) is 2. The number of rotatable bonds is 7. The molecule has 3 aromatic rings. The second-order valence-corrected chi connectivity index (χ2v) is 9.02. The van der Waals surface area contributed by atoms with E-state index in [-0.39, 0.29) is 48.0 Å². The van der Waals surface area contributed by atoms with E-state index in [9.17, 15) is 4.79 Å². The highest BCUT2D eigenvalue weighted by atomic mass is 19.1. The smallest absolute Gasteiger partial charge is 0.197 e. The molecule has 2 heterocycles. The van der Waals surface area contributed by atoms with Crippen LogP contribution in [0.2, 0.25) is 0 Å². The molecular weight excluding hydrogens is 425 g/mol. The Morgan fingerprint density at radius 1 is 1.21 bits per heavy atom. The van der Waals surface area contributed by atoms with E-state index in [2.05, 4.69) is 4.98 Å². The van der Waals surface area contributed by atoms with Crippen LogP contribution in [0.3, 0.4) is 0 Å². The van der Waals surface area contributed by atoms with Gasteiger partial charge in [0.25, 0.3) is 0 Å². The van der Waals surface area contributed by atoms with Gasteiger partial charge in [0.05, 0.1) is 25.3 Å². The molecule has 4 rings (SSSR count). The zero-order valence-corrected chi connectivity index (χ0v) is 19.5. The number of ether oxygens (including phenoxy) is 2. The van der Waals surface area contributed by atoms with Crippen molar-refractivity contribution >= 4 is 22.7 Å². The van der Waals surface area contributed by atoms with E-state index in [1.165, 1.54) is 6.39 Å². The number of carbonyl (C=O) groups is 1. The van der Waals surface area contributed by atoms with Crippen LogP contribution < -0.4 is 9.47 Å². The predicted octanol–water partition coefficient (Wildman–Crippen LogP) is 5.09. The number of ketones is 1. The van der Waals surface area contributed by atoms with Crippen LogP contribution in [0, 0.1) is 11.2 Å². The number of hydrogen-bond acceptors (Lipinski definition) is 6. The van der Waals surface area contributed by atoms with Crippen molar-refractivity contribution < 1.29 is 23.1 Å². The van der Waals surface area contributed by atoms with Crippen molar-refractivity contribution in [1.82, 2.24) is 9.88 Å². The number of nitrogens with one attached hydrogen (secondary N) is 1. The van der Waals surface area contributed by atoms with Gasteiger partial charge in [-0.25, -0.2) is 9.37 Å². The second kappa shape index (κ2) is 8.50. The van der Waals surface area contributed by atoms with E-state index in [4.69, 9.17) is 19.3 Å². The zero-order chi connectivity index (χ0) is 23.9. The summed E-state index contributed by atoms with van der Waals surface area (Å²) in [7, 11) is 0. The SMILES string of the molecule is CCOc1cc2c(c(F)c1OCC)C(=N)N(CC(=O)c1cc(C(C)(C)C)c3ocnc3c1)C2. The maximum absolute atomic E-state index is 15.3. The van der Waals surface area contributed by atoms with E-state index in [0.717, 1.165) is 5.56 Å². The van der Waals surface area contributed by atoms with Crippen molar-refractivity contribution in [2.45, 2.75) is 46.6 Å². The number of benzene rings is 2. The first-order valence-electron chi connectivity index (χ1n) is 11.0. The van der Waals surface area contributed by atoms with Crippen LogP contribution >= 0.6 is 0 Å². The van der Waals surface area contributed by atoms with E-state index >= 15 is 4.39 Å². The van der Waals surface area contributed by atoms with E-state index < -0.39 is 5.82 Å². The summed E-state index contributed by atoms with van der Waals surface area (Å²) in [5.74, 6) is -0.543. The molecule has 0 atom stereocenters. The number of hydrogen-bond donors (Lipinski definition) is 1. The Hall–Kier alpha value is -3.42. The Balaban J connectivity index is 1.64. The second-order valence-electron chi connectivity index (χ2n) is 9.02. The average molecular weight is 454 g/mol. The predicted molar refractivity (Wildman–Crippen MR) is 123 cm³/mol. The minimum atomic E-state index is -0.628. The molecule has 0 radical (unpaired) electrons. The largest absolute Gasteiger partial charge is 0.490 e. The van der Waals surface area contributed by atoms with Crippen molar-refractivity contribution in [1.29, 1.82) is 5.41 Å². The van der Waals surface area contributed by atoms with Crippen molar-refractivity contribution in [3.63, 3.8) is 0 Å². The standard InChI is InChI=1S/C25H28FN3O4/c1-6-31-19-10-15-11-29(24(27)20(15)21(26)23(19)32-7-2)12-18(30)14-8-16(25(3,4)5)22-17(9-14)28-13-33-22/h8-10,13,27H,6-7,11-12H2,1-5H3. The van der Waals surface area contributed by atoms with Crippen molar-refractivity contribution in [3.05, 3.63) is 52.7 Å². The van der Waals surface area contributed by atoms with Crippen LogP contribution in [0.1, 0.15) is 61.7 Å². The lowest BCUT2D eigenvalue weighted by molar-refractivity contribution is 0.0962. The first kappa shape index (κ1) is 22.8. The van der Waals surface area contributed by atoms with E-state index in [1.54, 1.807) is 24.0 Å². The van der Waals surface area contributed by atoms with Crippen LogP contribution in [-0.4, -0.2) is 41.3 Å². The molecule has 7 nitrogen and oxygen atoms in total. The molecule has 0 saturated heterocycles. The van der Waals surface area contributed by atoms with Crippen LogP contribution in [0.5, 0.6) is 11.5 Å². The van der Waals surface area contributed by atoms with Gasteiger partial charge in [-0.05, 0) is 43.0 Å². The molecule has 1 aromatic heterocycles. The summed E-state index contributed by atoms with van der Waals surface area (Å²) < 4.78 is 31.8. The quantitative estimate of drug-likeness (QED) is 0.502. The van der Waals surface area contributed by atoms with Crippen LogP contribution in [0.4, 0.5) is 4.39 Å². The topological polar surface area (TPSA) is 88.7 Å². The highest BCUT2D eigenvalue weighted by Crippen LogP contribution is 2.39. The van der Waals surface area contributed by atoms with Gasteiger partial charge in [0.15, 0.2) is 35.1 Å². The highest BCUT2D eigenvalue weighted by molar-refractivity contribution is 6.06. The van der Waals surface area contributed by atoms with Crippen molar-refractivity contribution in [2.24, 2.45) is 0 Å². The number of fused-ring (bicyclic) bond motifs is 2. The fourth-order valence-corrected chi connectivity index (χ4v) is 4.11. The van der Waals surface area contributed by atoms with Gasteiger partial charge in [-0.15, -0.1) is 0 Å². The van der Waals surface area contributed by atoms with Gasteiger partial charge < -0.3 is 18.8 Å². The molecule has 0 saturated carbocycles. The van der Waals surface area contributed by atoms with Gasteiger partial charge >= 0.3 is 0 Å². The van der Waals surface area contributed by atoms with Gasteiger partial charge in [-0.3, -0.25) is 10.2 Å². The summed E-state index contributed by atoms with van der Waals surface area (Å²) in [6.45, 7) is 10.5. The summed E-state index contributed by atoms with van der Waals surface area (Å²) in [5.41, 5.74) is 3.13. The lowest BCUT2D eigenvalue weighted by Gasteiger charge is -2.21. The van der Waals surface area contributed by atoms with Gasteiger partial charge in [-0.1, -0.05) is 20.8 Å². The molecule has 0 fully saturated rings. The maximum atomic E-state index is 15.3. The average Bonchev–Trinajstić information content (AvgIpc) is 3.34. The molecule has 174 valence electrons. The van der Waals surface area contributed by atoms with E-state index in [0.29, 0.717) is 34.6 Å². The van der Waals surface area contributed by atoms with Crippen LogP contribution in [0.25, 0.3) is 11.1 Å². The minimum Gasteiger partial charge on any atom is -0.490 e. The van der Waals surface area contributed by atoms with Gasteiger partial charge in [0, 0.05) is 17.7 Å². The summed E-state index contributed by atoms with van der Waals surface area (Å²) in [6.07, 6.45) is 1.37. The molecule has 0 bridgehead atoms. The molecule has 0 spiro atoms. The molecule has 1 aliphatic rings. The van der Waals surface area contributed by atoms with Gasteiger partial charge in [0.1, 0.15) is 11.4 Å². The van der Waals surface area contributed by atoms with Crippen LogP contribution in [-0.2, 0) is 12.0 Å². The number of Topliss-reactive ketones (excluding diaryl/α,β-unsaturated/α-hetero) is 1. The number of amidine groups is 1. The Kier molecular flexibility index (Phi) is 5.86. The summed E-state index contributed by atoms with van der Waals surface area (Å²) in [6, 6.07) is 5.22. The fraction of sp³-hybridized carbons (Fsp3) is 0.400. The number of oxazole rings is 1. The minimum absolute atomic E-state index is 0.00216. The van der Waals surface area contributed by atoms with Crippen molar-refractivity contribution in [3.8, 4) is 11.5 Å². The number of carbonyl (C=O) groups excluding carboxylic acids is 1. The molecular formula is C25H28FN3O4. The van der Waals surface area contributed by atoms with Crippen LogP contribution in [0.15, 0.2) is 29.0 Å². The monoisotopic (exact) mass is 453 g/mol. The Labute approximate surface area is 192 Å². The Bertz CT molecular complexity index is 1240. The summed E-state index contributed by atoms with van der Waals surface area (Å²) in [5, 5.41) is 8.54. The lowest BCUT2D eigenvalue weighted by atomic mass is 9.85. The third-order valence-corrected chi connectivity index (χ3v) is 5.67. The highest BCUT2D eigenvalue weighted by Gasteiger charge is 2.33. The molecule has 1 N–H and O–H groups in total. The first-order chi connectivity index (χ1) is 15.7. The fourth-order valence-electron chi connectivity index (χ4n) is 4.11. The summed E-state index contributed by atoms with van der Waals surface area (Å²) in [4.78, 5) is 19.0. The Morgan fingerprint density at radius 3 is 2.61 bits per heavy atom. The molecule has 33 heavy (non-hydrogen) atoms. The Morgan fingerprint density at radius 2 is 1.94 bits per heavy atom. The van der Waals surface area contributed by atoms with E-state index in [1.807, 2.05) is 33.8 Å². The molecule has 0 unspecified atom stereocenters. The number of aromatic nitrogens is 1. The van der Waals surface area contributed by atoms with Crippen molar-refractivity contribution in [2.75, 3.05) is 19.8 Å². The molecule has 0 amide bonds. The third-order valence-electron chi connectivity index (χ3n) is 5.67. The third kappa shape index (κ3) is 4.05. The molecule has 1 aliphatic heterocycles. The maximum Gasteiger partial charge on any atom is 0.197 e. The zero-order valence-electron chi connectivity index (χ0n) is 19.5. The lowest BCUT2D eigenvalue weighted by Crippen LogP contribution is -2.30. The molecule has 8 heteroatoms. The normalized spacial score (nSPS) is 13.5. The van der Waals surface area contributed by atoms with Gasteiger partial charge in [-0.2, -0.15) is 0 Å². The number of halogens is 1. The summed E-state index contributed by atoms with van der Waals surface area (Å²) >= 11 is 0. The first-order valence-corrected chi connectivity index (χ1v) is 11.0. The van der Waals surface area contributed by atoms with Gasteiger partial charge in [0.2, 0.25) is 0 Å². The molecule has 0 aliphatic carbocycles.